The van der Waals surface area contributed by atoms with E-state index in [2.05, 4.69) is 14.8 Å². The van der Waals surface area contributed by atoms with Crippen LogP contribution in [-0.2, 0) is 19.4 Å². The zero-order valence-electron chi connectivity index (χ0n) is 14.3. The van der Waals surface area contributed by atoms with E-state index in [1.807, 2.05) is 12.1 Å². The third-order valence-corrected chi connectivity index (χ3v) is 5.19. The molecule has 0 spiro atoms. The first kappa shape index (κ1) is 16.3. The highest BCUT2D eigenvalue weighted by Gasteiger charge is 2.22. The Labute approximate surface area is 146 Å². The molecule has 2 aliphatic heterocycles. The van der Waals surface area contributed by atoms with Crippen molar-refractivity contribution in [1.82, 2.24) is 14.9 Å². The van der Waals surface area contributed by atoms with Gasteiger partial charge in [0.25, 0.3) is 5.56 Å². The van der Waals surface area contributed by atoms with Crippen molar-refractivity contribution in [3.8, 4) is 0 Å². The molecule has 3 heterocycles. The molecule has 0 amide bonds. The fourth-order valence-electron chi connectivity index (χ4n) is 3.75. The van der Waals surface area contributed by atoms with Crippen LogP contribution in [0.25, 0.3) is 0 Å². The minimum atomic E-state index is -0.170. The minimum Gasteiger partial charge on any atom is -0.342 e. The van der Waals surface area contributed by atoms with Crippen LogP contribution in [0, 0.1) is 5.82 Å². The van der Waals surface area contributed by atoms with Crippen LogP contribution in [0.5, 0.6) is 0 Å². The second kappa shape index (κ2) is 6.96. The predicted molar refractivity (Wildman–Crippen MR) is 95.4 cm³/mol. The van der Waals surface area contributed by atoms with E-state index in [0.717, 1.165) is 56.7 Å². The van der Waals surface area contributed by atoms with Gasteiger partial charge in [-0.25, -0.2) is 9.37 Å². The highest BCUT2D eigenvalue weighted by molar-refractivity contribution is 5.35. The highest BCUT2D eigenvalue weighted by atomic mass is 19.1. The first-order valence-corrected chi connectivity index (χ1v) is 9.03. The van der Waals surface area contributed by atoms with Crippen LogP contribution in [0.4, 0.5) is 10.3 Å². The topological polar surface area (TPSA) is 52.2 Å². The molecule has 132 valence electrons. The molecule has 1 aromatic heterocycles. The quantitative estimate of drug-likeness (QED) is 0.928. The number of hydrogen-bond acceptors (Lipinski definition) is 4. The molecule has 25 heavy (non-hydrogen) atoms. The monoisotopic (exact) mass is 342 g/mol. The molecule has 2 aliphatic rings. The standard InChI is InChI=1S/C19H23FN4O/c20-16-6-2-1-5-14(16)13-23-11-7-15-17(8-12-23)21-19(22-18(15)25)24-9-3-4-10-24/h1-2,5-6H,3-4,7-13H2,(H,21,22,25). The maximum absolute atomic E-state index is 13.9. The van der Waals surface area contributed by atoms with Crippen LogP contribution >= 0.6 is 0 Å². The maximum atomic E-state index is 13.9. The molecule has 0 bridgehead atoms. The van der Waals surface area contributed by atoms with Crippen LogP contribution in [0.3, 0.4) is 0 Å². The van der Waals surface area contributed by atoms with Gasteiger partial charge in [-0.15, -0.1) is 0 Å². The Hall–Kier alpha value is -2.21. The predicted octanol–water partition coefficient (Wildman–Crippen LogP) is 2.11. The van der Waals surface area contributed by atoms with Crippen molar-refractivity contribution in [3.63, 3.8) is 0 Å². The molecule has 1 aromatic carbocycles. The highest BCUT2D eigenvalue weighted by Crippen LogP contribution is 2.19. The number of benzene rings is 1. The summed E-state index contributed by atoms with van der Waals surface area (Å²) in [7, 11) is 0. The van der Waals surface area contributed by atoms with E-state index < -0.39 is 0 Å². The largest absolute Gasteiger partial charge is 0.342 e. The lowest BCUT2D eigenvalue weighted by Gasteiger charge is -2.19. The third-order valence-electron chi connectivity index (χ3n) is 5.19. The van der Waals surface area contributed by atoms with Crippen molar-refractivity contribution in [1.29, 1.82) is 0 Å². The summed E-state index contributed by atoms with van der Waals surface area (Å²) in [6.45, 7) is 4.02. The molecule has 2 aromatic rings. The molecule has 0 unspecified atom stereocenters. The fraction of sp³-hybridized carbons (Fsp3) is 0.474. The van der Waals surface area contributed by atoms with Gasteiger partial charge in [-0.1, -0.05) is 18.2 Å². The van der Waals surface area contributed by atoms with Gasteiger partial charge in [-0.2, -0.15) is 0 Å². The summed E-state index contributed by atoms with van der Waals surface area (Å²) in [5.74, 6) is 0.542. The number of nitrogens with one attached hydrogen (secondary N) is 1. The van der Waals surface area contributed by atoms with Crippen LogP contribution < -0.4 is 10.5 Å². The molecule has 0 saturated carbocycles. The first-order valence-electron chi connectivity index (χ1n) is 9.03. The van der Waals surface area contributed by atoms with E-state index in [1.54, 1.807) is 6.07 Å². The van der Waals surface area contributed by atoms with Gasteiger partial charge in [0, 0.05) is 50.3 Å². The SMILES string of the molecule is O=c1[nH]c(N2CCCC2)nc2c1CCN(Cc1ccccc1F)CC2. The smallest absolute Gasteiger partial charge is 0.255 e. The Bertz CT molecular complexity index is 813. The lowest BCUT2D eigenvalue weighted by molar-refractivity contribution is 0.274. The van der Waals surface area contributed by atoms with E-state index in [9.17, 15) is 9.18 Å². The fourth-order valence-corrected chi connectivity index (χ4v) is 3.75. The number of rotatable bonds is 3. The first-order chi connectivity index (χ1) is 12.2. The zero-order chi connectivity index (χ0) is 17.2. The molecule has 5 nitrogen and oxygen atoms in total. The summed E-state index contributed by atoms with van der Waals surface area (Å²) in [5.41, 5.74) is 2.38. The molecule has 0 radical (unpaired) electrons. The van der Waals surface area contributed by atoms with Gasteiger partial charge in [0.05, 0.1) is 5.69 Å². The van der Waals surface area contributed by atoms with Gasteiger partial charge >= 0.3 is 0 Å². The van der Waals surface area contributed by atoms with Gasteiger partial charge in [0.1, 0.15) is 5.82 Å². The molecule has 0 atom stereocenters. The molecular weight excluding hydrogens is 319 g/mol. The summed E-state index contributed by atoms with van der Waals surface area (Å²) in [5, 5.41) is 0. The van der Waals surface area contributed by atoms with Gasteiger partial charge in [-0.3, -0.25) is 14.7 Å². The summed E-state index contributed by atoms with van der Waals surface area (Å²) >= 11 is 0. The Balaban J connectivity index is 1.52. The van der Waals surface area contributed by atoms with Crippen molar-refractivity contribution in [2.45, 2.75) is 32.2 Å². The van der Waals surface area contributed by atoms with E-state index in [0.29, 0.717) is 24.5 Å². The van der Waals surface area contributed by atoms with Crippen LogP contribution in [0.2, 0.25) is 0 Å². The molecule has 1 N–H and O–H groups in total. The third kappa shape index (κ3) is 3.44. The molecular formula is C19H23FN4O. The number of aromatic nitrogens is 2. The van der Waals surface area contributed by atoms with E-state index >= 15 is 0 Å². The van der Waals surface area contributed by atoms with Crippen molar-refractivity contribution < 1.29 is 4.39 Å². The average Bonchev–Trinajstić information content (AvgIpc) is 3.07. The number of hydrogen-bond donors (Lipinski definition) is 1. The number of fused-ring (bicyclic) bond motifs is 1. The number of halogens is 1. The van der Waals surface area contributed by atoms with Gasteiger partial charge in [0.2, 0.25) is 5.95 Å². The Morgan fingerprint density at radius 1 is 1.08 bits per heavy atom. The summed E-state index contributed by atoms with van der Waals surface area (Å²) in [6, 6.07) is 6.89. The van der Waals surface area contributed by atoms with Gasteiger partial charge in [-0.05, 0) is 25.3 Å². The number of anilines is 1. The second-order valence-corrected chi connectivity index (χ2v) is 6.88. The summed E-state index contributed by atoms with van der Waals surface area (Å²) < 4.78 is 13.9. The number of aromatic amines is 1. The minimum absolute atomic E-state index is 0.0142. The van der Waals surface area contributed by atoms with E-state index in [4.69, 9.17) is 4.98 Å². The molecule has 6 heteroatoms. The van der Waals surface area contributed by atoms with E-state index in [-0.39, 0.29) is 11.4 Å². The van der Waals surface area contributed by atoms with Crippen molar-refractivity contribution in [2.75, 3.05) is 31.1 Å². The Morgan fingerprint density at radius 3 is 2.64 bits per heavy atom. The zero-order valence-corrected chi connectivity index (χ0v) is 14.3. The van der Waals surface area contributed by atoms with Gasteiger partial charge in [0.15, 0.2) is 0 Å². The second-order valence-electron chi connectivity index (χ2n) is 6.88. The molecule has 0 aliphatic carbocycles. The van der Waals surface area contributed by atoms with Crippen molar-refractivity contribution in [2.24, 2.45) is 0 Å². The van der Waals surface area contributed by atoms with Crippen molar-refractivity contribution in [3.05, 3.63) is 57.3 Å². The molecule has 1 saturated heterocycles. The number of nitrogens with zero attached hydrogens (tertiary/aromatic N) is 3. The van der Waals surface area contributed by atoms with Crippen LogP contribution in [0.15, 0.2) is 29.1 Å². The van der Waals surface area contributed by atoms with Crippen LogP contribution in [0.1, 0.15) is 29.7 Å². The summed E-state index contributed by atoms with van der Waals surface area (Å²) in [6.07, 6.45) is 3.69. The summed E-state index contributed by atoms with van der Waals surface area (Å²) in [4.78, 5) is 24.6. The Kier molecular flexibility index (Phi) is 4.53. The van der Waals surface area contributed by atoms with Crippen molar-refractivity contribution >= 4 is 5.95 Å². The van der Waals surface area contributed by atoms with E-state index in [1.165, 1.54) is 6.07 Å². The average molecular weight is 342 g/mol. The van der Waals surface area contributed by atoms with Crippen LogP contribution in [-0.4, -0.2) is 41.0 Å². The molecule has 1 fully saturated rings. The molecule has 4 rings (SSSR count). The lowest BCUT2D eigenvalue weighted by Crippen LogP contribution is -2.27. The number of H-pyrrole nitrogens is 1. The van der Waals surface area contributed by atoms with Gasteiger partial charge < -0.3 is 4.90 Å². The Morgan fingerprint density at radius 2 is 1.84 bits per heavy atom. The normalized spacial score (nSPS) is 18.2. The lowest BCUT2D eigenvalue weighted by atomic mass is 10.1. The maximum Gasteiger partial charge on any atom is 0.255 e.